The number of ether oxygens (including phenoxy) is 1. The Morgan fingerprint density at radius 2 is 1.72 bits per heavy atom. The quantitative estimate of drug-likeness (QED) is 0.191. The minimum atomic E-state index is -3.12. The summed E-state index contributed by atoms with van der Waals surface area (Å²) in [5, 5.41) is 4.88. The van der Waals surface area contributed by atoms with E-state index in [0.717, 1.165) is 35.3 Å². The van der Waals surface area contributed by atoms with Gasteiger partial charge in [-0.3, -0.25) is 4.57 Å². The first kappa shape index (κ1) is 24.8. The molecule has 0 bridgehead atoms. The van der Waals surface area contributed by atoms with Gasteiger partial charge >= 0.3 is 7.60 Å². The second-order valence-electron chi connectivity index (χ2n) is 7.01. The lowest BCUT2D eigenvalue weighted by Gasteiger charge is -2.17. The van der Waals surface area contributed by atoms with Crippen molar-refractivity contribution in [2.75, 3.05) is 19.8 Å². The maximum atomic E-state index is 12.7. The van der Waals surface area contributed by atoms with Gasteiger partial charge in [0.1, 0.15) is 5.75 Å². The largest absolute Gasteiger partial charge is 0.494 e. The van der Waals surface area contributed by atoms with E-state index in [1.54, 1.807) is 32.2 Å². The van der Waals surface area contributed by atoms with Gasteiger partial charge in [0.25, 0.3) is 0 Å². The maximum absolute atomic E-state index is 12.7. The molecule has 6 nitrogen and oxygen atoms in total. The van der Waals surface area contributed by atoms with Gasteiger partial charge in [-0.25, -0.2) is 0 Å². The summed E-state index contributed by atoms with van der Waals surface area (Å²) >= 11 is 12.1. The molecular weight excluding hydrogens is 472 g/mol. The van der Waals surface area contributed by atoms with E-state index in [-0.39, 0.29) is 6.16 Å². The highest BCUT2D eigenvalue weighted by Crippen LogP contribution is 2.51. The lowest BCUT2D eigenvalue weighted by molar-refractivity contribution is 0.219. The Kier molecular flexibility index (Phi) is 9.21. The average Bonchev–Trinajstić information content (AvgIpc) is 3.23. The van der Waals surface area contributed by atoms with Gasteiger partial charge < -0.3 is 18.3 Å². The van der Waals surface area contributed by atoms with E-state index in [1.807, 2.05) is 30.3 Å². The highest BCUT2D eigenvalue weighted by atomic mass is 35.5. The summed E-state index contributed by atoms with van der Waals surface area (Å²) in [6.07, 6.45) is 3.46. The molecule has 3 rings (SSSR count). The summed E-state index contributed by atoms with van der Waals surface area (Å²) in [5.41, 5.74) is 2.68. The summed E-state index contributed by atoms with van der Waals surface area (Å²) in [5.74, 6) is 1.42. The second-order valence-corrected chi connectivity index (χ2v) is 9.88. The SMILES string of the molecule is CCOP(=O)(Cc1ccc(OCCCc2cnoc2-c2ccc(Cl)c(Cl)c2)cc1)OCC. The van der Waals surface area contributed by atoms with E-state index < -0.39 is 7.60 Å². The van der Waals surface area contributed by atoms with Crippen LogP contribution in [-0.4, -0.2) is 25.0 Å². The topological polar surface area (TPSA) is 70.8 Å². The van der Waals surface area contributed by atoms with Crippen LogP contribution in [0.25, 0.3) is 11.3 Å². The molecule has 0 amide bonds. The van der Waals surface area contributed by atoms with Crippen LogP contribution in [0, 0.1) is 0 Å². The van der Waals surface area contributed by atoms with Crippen molar-refractivity contribution < 1.29 is 22.9 Å². The second kappa shape index (κ2) is 11.9. The first-order chi connectivity index (χ1) is 15.4. The van der Waals surface area contributed by atoms with Gasteiger partial charge in [0.15, 0.2) is 5.76 Å². The Labute approximate surface area is 198 Å². The molecule has 1 aromatic heterocycles. The van der Waals surface area contributed by atoms with Crippen LogP contribution in [0.5, 0.6) is 5.75 Å². The molecule has 0 aliphatic rings. The van der Waals surface area contributed by atoms with E-state index in [1.165, 1.54) is 0 Å². The molecule has 0 saturated carbocycles. The number of halogens is 2. The number of rotatable bonds is 12. The molecule has 1 heterocycles. The van der Waals surface area contributed by atoms with Crippen LogP contribution in [0.15, 0.2) is 53.2 Å². The number of benzene rings is 2. The first-order valence-corrected chi connectivity index (χ1v) is 12.9. The Morgan fingerprint density at radius 3 is 2.38 bits per heavy atom. The zero-order chi connectivity index (χ0) is 23.0. The summed E-state index contributed by atoms with van der Waals surface area (Å²) in [4.78, 5) is 0. The van der Waals surface area contributed by atoms with E-state index in [9.17, 15) is 4.57 Å². The van der Waals surface area contributed by atoms with Crippen LogP contribution >= 0.6 is 30.8 Å². The molecule has 0 spiro atoms. The molecule has 3 aromatic rings. The van der Waals surface area contributed by atoms with E-state index in [0.29, 0.717) is 35.6 Å². The number of hydrogen-bond acceptors (Lipinski definition) is 6. The van der Waals surface area contributed by atoms with Gasteiger partial charge in [-0.05, 0) is 62.6 Å². The predicted molar refractivity (Wildman–Crippen MR) is 127 cm³/mol. The molecule has 0 N–H and O–H groups in total. The molecule has 0 unspecified atom stereocenters. The van der Waals surface area contributed by atoms with Crippen LogP contribution in [-0.2, 0) is 26.2 Å². The molecule has 2 aromatic carbocycles. The van der Waals surface area contributed by atoms with Crippen LogP contribution in [0.4, 0.5) is 0 Å². The maximum Gasteiger partial charge on any atom is 0.335 e. The Bertz CT molecular complexity index is 1040. The lowest BCUT2D eigenvalue weighted by atomic mass is 10.1. The molecule has 0 aliphatic heterocycles. The fourth-order valence-corrected chi connectivity index (χ4v) is 5.20. The van der Waals surface area contributed by atoms with Crippen molar-refractivity contribution in [1.82, 2.24) is 5.16 Å². The van der Waals surface area contributed by atoms with E-state index >= 15 is 0 Å². The molecule has 0 aliphatic carbocycles. The summed E-state index contributed by atoms with van der Waals surface area (Å²) < 4.78 is 34.6. The Balaban J connectivity index is 1.51. The van der Waals surface area contributed by atoms with Crippen molar-refractivity contribution in [3.05, 3.63) is 69.8 Å². The van der Waals surface area contributed by atoms with Gasteiger partial charge in [-0.2, -0.15) is 0 Å². The normalized spacial score (nSPS) is 11.6. The fourth-order valence-electron chi connectivity index (χ4n) is 3.20. The number of nitrogens with zero attached hydrogens (tertiary/aromatic N) is 1. The molecule has 172 valence electrons. The summed E-state index contributed by atoms with van der Waals surface area (Å²) in [6, 6.07) is 12.8. The zero-order valence-corrected chi connectivity index (χ0v) is 20.5. The molecule has 0 fully saturated rings. The van der Waals surface area contributed by atoms with Gasteiger partial charge in [-0.1, -0.05) is 40.5 Å². The molecule has 32 heavy (non-hydrogen) atoms. The van der Waals surface area contributed by atoms with Crippen molar-refractivity contribution in [2.45, 2.75) is 32.9 Å². The standard InChI is InChI=1S/C23H26Cl2NO5P/c1-3-29-32(27,30-4-2)16-17-7-10-20(11-8-17)28-13-5-6-19-15-26-31-23(19)18-9-12-21(24)22(25)14-18/h7-12,14-15H,3-6,13,16H2,1-2H3. The predicted octanol–water partition coefficient (Wildman–Crippen LogP) is 7.43. The molecule has 0 atom stereocenters. The van der Waals surface area contributed by atoms with Crippen LogP contribution in [0.3, 0.4) is 0 Å². The van der Waals surface area contributed by atoms with Gasteiger partial charge in [0, 0.05) is 11.1 Å². The van der Waals surface area contributed by atoms with E-state index in [2.05, 4.69) is 5.16 Å². The van der Waals surface area contributed by atoms with Crippen molar-refractivity contribution in [3.63, 3.8) is 0 Å². The average molecular weight is 498 g/mol. The molecule has 9 heteroatoms. The minimum absolute atomic E-state index is 0.236. The monoisotopic (exact) mass is 497 g/mol. The number of aromatic nitrogens is 1. The lowest BCUT2D eigenvalue weighted by Crippen LogP contribution is -2.01. The minimum Gasteiger partial charge on any atom is -0.494 e. The number of hydrogen-bond donors (Lipinski definition) is 0. The fraction of sp³-hybridized carbons (Fsp3) is 0.348. The van der Waals surface area contributed by atoms with Crippen LogP contribution < -0.4 is 4.74 Å². The summed E-state index contributed by atoms with van der Waals surface area (Å²) in [6.45, 7) is 4.82. The van der Waals surface area contributed by atoms with Gasteiger partial charge in [0.05, 0.1) is 42.2 Å². The highest BCUT2D eigenvalue weighted by Gasteiger charge is 2.23. The third-order valence-electron chi connectivity index (χ3n) is 4.64. The molecule has 0 saturated heterocycles. The Hall–Kier alpha value is -1.82. The smallest absolute Gasteiger partial charge is 0.335 e. The van der Waals surface area contributed by atoms with Crippen LogP contribution in [0.1, 0.15) is 31.4 Å². The van der Waals surface area contributed by atoms with Crippen molar-refractivity contribution in [3.8, 4) is 17.1 Å². The van der Waals surface area contributed by atoms with Crippen LogP contribution in [0.2, 0.25) is 10.0 Å². The molecule has 0 radical (unpaired) electrons. The Morgan fingerprint density at radius 1 is 1.00 bits per heavy atom. The van der Waals surface area contributed by atoms with Gasteiger partial charge in [-0.15, -0.1) is 0 Å². The zero-order valence-electron chi connectivity index (χ0n) is 18.1. The van der Waals surface area contributed by atoms with E-state index in [4.69, 9.17) is 41.5 Å². The summed E-state index contributed by atoms with van der Waals surface area (Å²) in [7, 11) is -3.12. The van der Waals surface area contributed by atoms with Gasteiger partial charge in [0.2, 0.25) is 0 Å². The highest BCUT2D eigenvalue weighted by molar-refractivity contribution is 7.53. The van der Waals surface area contributed by atoms with Crippen molar-refractivity contribution in [2.24, 2.45) is 0 Å². The van der Waals surface area contributed by atoms with Crippen molar-refractivity contribution >= 4 is 30.8 Å². The third kappa shape index (κ3) is 6.84. The third-order valence-corrected chi connectivity index (χ3v) is 7.43. The first-order valence-electron chi connectivity index (χ1n) is 10.4. The molecular formula is C23H26Cl2NO5P. The van der Waals surface area contributed by atoms with Crippen molar-refractivity contribution in [1.29, 1.82) is 0 Å². The number of aryl methyl sites for hydroxylation is 1.